The van der Waals surface area contributed by atoms with Crippen molar-refractivity contribution in [2.75, 3.05) is 23.3 Å². The molecule has 3 rings (SSSR count). The lowest BCUT2D eigenvalue weighted by Crippen LogP contribution is -2.45. The van der Waals surface area contributed by atoms with Crippen LogP contribution in [-0.2, 0) is 22.3 Å². The molecule has 0 bridgehead atoms. The molecule has 0 radical (unpaired) electrons. The first-order valence-electron chi connectivity index (χ1n) is 10.9. The molecule has 2 amide bonds. The second kappa shape index (κ2) is 10.5. The molecule has 1 aliphatic heterocycles. The Morgan fingerprint density at radius 3 is 2.52 bits per heavy atom. The van der Waals surface area contributed by atoms with Crippen molar-refractivity contribution in [3.8, 4) is 0 Å². The van der Waals surface area contributed by atoms with E-state index in [4.69, 9.17) is 0 Å². The van der Waals surface area contributed by atoms with Crippen LogP contribution in [0, 0.1) is 0 Å². The van der Waals surface area contributed by atoms with Crippen molar-refractivity contribution in [1.29, 1.82) is 0 Å². The molecular weight excluding hydrogens is 437 g/mol. The van der Waals surface area contributed by atoms with E-state index in [0.717, 1.165) is 37.7 Å². The van der Waals surface area contributed by atoms with E-state index in [9.17, 15) is 27.6 Å². The maximum absolute atomic E-state index is 12.9. The number of carbonyl (C=O) groups is 2. The number of benzene rings is 1. The van der Waals surface area contributed by atoms with E-state index in [-0.39, 0.29) is 0 Å². The van der Waals surface area contributed by atoms with Gasteiger partial charge in [-0.3, -0.25) is 14.4 Å². The summed E-state index contributed by atoms with van der Waals surface area (Å²) in [6.45, 7) is 3.14. The lowest BCUT2D eigenvalue weighted by Gasteiger charge is -2.21. The molecule has 2 heterocycles. The molecular formula is C23H27F3N4O3. The molecule has 0 saturated carbocycles. The first-order chi connectivity index (χ1) is 15.7. The third-order valence-electron chi connectivity index (χ3n) is 5.44. The lowest BCUT2D eigenvalue weighted by molar-refractivity contribution is -0.138. The number of rotatable bonds is 8. The summed E-state index contributed by atoms with van der Waals surface area (Å²) >= 11 is 0. The Kier molecular flexibility index (Phi) is 7.78. The zero-order valence-corrected chi connectivity index (χ0v) is 18.3. The number of hydrogen-bond donors (Lipinski definition) is 2. The summed E-state index contributed by atoms with van der Waals surface area (Å²) in [6.07, 6.45) is -0.871. The molecule has 1 saturated heterocycles. The molecule has 33 heavy (non-hydrogen) atoms. The summed E-state index contributed by atoms with van der Waals surface area (Å²) < 4.78 is 39.4. The summed E-state index contributed by atoms with van der Waals surface area (Å²) in [5, 5.41) is 5.34. The molecule has 7 nitrogen and oxygen atoms in total. The number of alkyl halides is 3. The predicted molar refractivity (Wildman–Crippen MR) is 119 cm³/mol. The van der Waals surface area contributed by atoms with Crippen LogP contribution in [0.1, 0.15) is 38.2 Å². The highest BCUT2D eigenvalue weighted by atomic mass is 19.4. The molecule has 10 heteroatoms. The number of aromatic nitrogens is 1. The second-order valence-electron chi connectivity index (χ2n) is 8.02. The number of hydrogen-bond acceptors (Lipinski definition) is 4. The average molecular weight is 464 g/mol. The number of anilines is 2. The van der Waals surface area contributed by atoms with Crippen LogP contribution in [0.3, 0.4) is 0 Å². The van der Waals surface area contributed by atoms with E-state index in [1.54, 1.807) is 6.07 Å². The van der Waals surface area contributed by atoms with Crippen molar-refractivity contribution in [3.63, 3.8) is 0 Å². The van der Waals surface area contributed by atoms with E-state index in [1.165, 1.54) is 0 Å². The third-order valence-corrected chi connectivity index (χ3v) is 5.44. The van der Waals surface area contributed by atoms with Crippen LogP contribution in [0.15, 0.2) is 47.4 Å². The minimum Gasteiger partial charge on any atom is -0.371 e. The van der Waals surface area contributed by atoms with E-state index < -0.39 is 41.7 Å². The number of nitrogens with one attached hydrogen (secondary N) is 2. The van der Waals surface area contributed by atoms with Gasteiger partial charge in [0.05, 0.1) is 5.56 Å². The van der Waals surface area contributed by atoms with E-state index in [1.807, 2.05) is 25.1 Å². The van der Waals surface area contributed by atoms with Crippen molar-refractivity contribution in [1.82, 2.24) is 9.88 Å². The van der Waals surface area contributed by atoms with Crippen LogP contribution in [0.4, 0.5) is 24.5 Å². The molecule has 1 unspecified atom stereocenters. The zero-order chi connectivity index (χ0) is 24.0. The van der Waals surface area contributed by atoms with Crippen molar-refractivity contribution in [2.45, 2.75) is 51.4 Å². The van der Waals surface area contributed by atoms with Gasteiger partial charge < -0.3 is 20.1 Å². The van der Waals surface area contributed by atoms with Gasteiger partial charge in [0.1, 0.15) is 12.6 Å². The summed E-state index contributed by atoms with van der Waals surface area (Å²) in [6, 6.07) is 7.98. The van der Waals surface area contributed by atoms with Gasteiger partial charge in [-0.2, -0.15) is 13.2 Å². The molecule has 1 atom stereocenters. The number of carbonyl (C=O) groups excluding carboxylic acids is 2. The predicted octanol–water partition coefficient (Wildman–Crippen LogP) is 3.39. The smallest absolute Gasteiger partial charge is 0.371 e. The molecule has 178 valence electrons. The van der Waals surface area contributed by atoms with Gasteiger partial charge in [0.15, 0.2) is 0 Å². The first kappa shape index (κ1) is 24.3. The highest BCUT2D eigenvalue weighted by Gasteiger charge is 2.31. The monoisotopic (exact) mass is 464 g/mol. The number of nitrogens with zero attached hydrogens (tertiary/aromatic N) is 2. The lowest BCUT2D eigenvalue weighted by atomic mass is 10.1. The van der Waals surface area contributed by atoms with Crippen LogP contribution in [-0.4, -0.2) is 35.5 Å². The van der Waals surface area contributed by atoms with Gasteiger partial charge in [0.2, 0.25) is 11.8 Å². The highest BCUT2D eigenvalue weighted by molar-refractivity contribution is 5.97. The Morgan fingerprint density at radius 2 is 1.85 bits per heavy atom. The summed E-state index contributed by atoms with van der Waals surface area (Å²) in [5.74, 6) is -1.16. The van der Waals surface area contributed by atoms with Crippen LogP contribution in [0.2, 0.25) is 0 Å². The summed E-state index contributed by atoms with van der Waals surface area (Å²) in [5.41, 5.74) is -0.178. The zero-order valence-electron chi connectivity index (χ0n) is 18.3. The first-order valence-corrected chi connectivity index (χ1v) is 10.9. The Bertz CT molecular complexity index is 1050. The fourth-order valence-electron chi connectivity index (χ4n) is 3.76. The Morgan fingerprint density at radius 1 is 1.12 bits per heavy atom. The third kappa shape index (κ3) is 6.59. The Balaban J connectivity index is 1.66. The molecule has 1 aromatic carbocycles. The van der Waals surface area contributed by atoms with E-state index in [0.29, 0.717) is 35.4 Å². The molecule has 0 aliphatic carbocycles. The Labute approximate surface area is 189 Å². The quantitative estimate of drug-likeness (QED) is 0.628. The summed E-state index contributed by atoms with van der Waals surface area (Å²) in [7, 11) is 0. The normalized spacial score (nSPS) is 14.7. The van der Waals surface area contributed by atoms with Crippen LogP contribution in [0.25, 0.3) is 0 Å². The summed E-state index contributed by atoms with van der Waals surface area (Å²) in [4.78, 5) is 39.4. The van der Waals surface area contributed by atoms with Gasteiger partial charge in [0, 0.05) is 36.7 Å². The second-order valence-corrected chi connectivity index (χ2v) is 8.02. The average Bonchev–Trinajstić information content (AvgIpc) is 3.29. The van der Waals surface area contributed by atoms with Gasteiger partial charge in [0.25, 0.3) is 5.56 Å². The minimum atomic E-state index is -4.64. The van der Waals surface area contributed by atoms with Gasteiger partial charge in [-0.15, -0.1) is 0 Å². The number of amides is 2. The number of pyridine rings is 1. The number of halogens is 3. The van der Waals surface area contributed by atoms with Gasteiger partial charge in [-0.1, -0.05) is 19.4 Å². The molecule has 2 aromatic rings. The van der Waals surface area contributed by atoms with Gasteiger partial charge in [-0.05, 0) is 43.5 Å². The fourth-order valence-corrected chi connectivity index (χ4v) is 3.76. The van der Waals surface area contributed by atoms with Crippen molar-refractivity contribution in [3.05, 3.63) is 58.5 Å². The van der Waals surface area contributed by atoms with Crippen LogP contribution in [0.5, 0.6) is 0 Å². The van der Waals surface area contributed by atoms with E-state index >= 15 is 0 Å². The largest absolute Gasteiger partial charge is 0.417 e. The fraction of sp³-hybridized carbons (Fsp3) is 0.435. The molecule has 0 spiro atoms. The molecule has 1 aliphatic rings. The van der Waals surface area contributed by atoms with Gasteiger partial charge >= 0.3 is 6.18 Å². The highest BCUT2D eigenvalue weighted by Crippen LogP contribution is 2.28. The molecule has 1 fully saturated rings. The topological polar surface area (TPSA) is 83.4 Å². The minimum absolute atomic E-state index is 0.334. The van der Waals surface area contributed by atoms with Crippen LogP contribution >= 0.6 is 0 Å². The van der Waals surface area contributed by atoms with Crippen molar-refractivity contribution < 1.29 is 22.8 Å². The van der Waals surface area contributed by atoms with Crippen molar-refractivity contribution in [2.24, 2.45) is 0 Å². The maximum Gasteiger partial charge on any atom is 0.417 e. The SMILES string of the molecule is CCCC(NC(=O)Cn1cc(C(F)(F)F)ccc1=O)C(=O)Nc1cccc(N2CCCC2)c1. The Hall–Kier alpha value is -3.30. The standard InChI is InChI=1S/C23H27F3N4O3/c1-2-6-19(22(33)27-17-7-5-8-18(13-17)29-11-3-4-12-29)28-20(31)15-30-14-16(23(24,25)26)9-10-21(30)32/h5,7-10,13-14,19H,2-4,6,11-12,15H2,1H3,(H,27,33)(H,28,31). The molecule has 2 N–H and O–H groups in total. The van der Waals surface area contributed by atoms with Crippen molar-refractivity contribution >= 4 is 23.2 Å². The van der Waals surface area contributed by atoms with E-state index in [2.05, 4.69) is 15.5 Å². The van der Waals surface area contributed by atoms with Crippen LogP contribution < -0.4 is 21.1 Å². The maximum atomic E-state index is 12.9. The molecule has 1 aromatic heterocycles. The van der Waals surface area contributed by atoms with Gasteiger partial charge in [-0.25, -0.2) is 0 Å².